The van der Waals surface area contributed by atoms with Crippen LogP contribution in [0.15, 0.2) is 48.5 Å². The maximum atomic E-state index is 13.3. The molecule has 1 aliphatic rings. The van der Waals surface area contributed by atoms with Gasteiger partial charge < -0.3 is 9.84 Å². The van der Waals surface area contributed by atoms with Crippen molar-refractivity contribution in [3.05, 3.63) is 76.6 Å². The summed E-state index contributed by atoms with van der Waals surface area (Å²) < 4.78 is 5.24. The average Bonchev–Trinajstić information content (AvgIpc) is 3.26. The molecule has 2 N–H and O–H groups in total. The Bertz CT molecular complexity index is 1080. The molecule has 2 aromatic carbocycles. The predicted molar refractivity (Wildman–Crippen MR) is 112 cm³/mol. The topological polar surface area (TPSA) is 95.5 Å². The third-order valence-corrected chi connectivity index (χ3v) is 5.27. The number of carboxylic acid groups (broad SMARTS) is 1. The predicted octanol–water partition coefficient (Wildman–Crippen LogP) is 4.06. The molecule has 0 saturated carbocycles. The Morgan fingerprint density at radius 2 is 1.83 bits per heavy atom. The number of hydrogen-bond donors (Lipinski definition) is 2. The first-order valence-electron chi connectivity index (χ1n) is 9.78. The number of carbonyl (C=O) groups is 2. The van der Waals surface area contributed by atoms with E-state index in [-0.39, 0.29) is 11.5 Å². The smallest absolute Gasteiger partial charge is 0.335 e. The average molecular weight is 405 g/mol. The molecule has 4 rings (SSSR count). The van der Waals surface area contributed by atoms with Gasteiger partial charge in [-0.2, -0.15) is 5.10 Å². The first-order valence-corrected chi connectivity index (χ1v) is 9.78. The van der Waals surface area contributed by atoms with Gasteiger partial charge in [0, 0.05) is 16.9 Å². The molecule has 1 aromatic heterocycles. The first-order chi connectivity index (χ1) is 14.4. The summed E-state index contributed by atoms with van der Waals surface area (Å²) in [6.07, 6.45) is 0.760. The van der Waals surface area contributed by atoms with Crippen molar-refractivity contribution in [3.8, 4) is 5.75 Å². The highest BCUT2D eigenvalue weighted by atomic mass is 16.5. The summed E-state index contributed by atoms with van der Waals surface area (Å²) >= 11 is 0. The highest BCUT2D eigenvalue weighted by Crippen LogP contribution is 2.43. The fourth-order valence-electron chi connectivity index (χ4n) is 3.90. The van der Waals surface area contributed by atoms with E-state index in [4.69, 9.17) is 4.74 Å². The van der Waals surface area contributed by atoms with Gasteiger partial charge in [-0.25, -0.2) is 4.79 Å². The number of anilines is 1. The van der Waals surface area contributed by atoms with Gasteiger partial charge in [0.05, 0.1) is 18.7 Å². The number of aromatic nitrogens is 2. The van der Waals surface area contributed by atoms with Gasteiger partial charge in [0.2, 0.25) is 0 Å². The van der Waals surface area contributed by atoms with Crippen LogP contribution in [0.4, 0.5) is 5.69 Å². The highest BCUT2D eigenvalue weighted by Gasteiger charge is 2.43. The summed E-state index contributed by atoms with van der Waals surface area (Å²) in [6, 6.07) is 13.6. The minimum atomic E-state index is -0.986. The minimum absolute atomic E-state index is 0.186. The van der Waals surface area contributed by atoms with Gasteiger partial charge in [-0.15, -0.1) is 0 Å². The summed E-state index contributed by atoms with van der Waals surface area (Å²) in [5, 5.41) is 16.6. The standard InChI is InChI=1S/C23H23N3O4/c1-13(2)12-18-19-20(25-24-18)22(27)26(16-8-10-17(30-3)11-9-16)21(19)14-4-6-15(7-5-14)23(28)29/h4-11,13,21H,12H2,1-3H3,(H,24,25)(H,28,29). The molecule has 2 heterocycles. The number of benzene rings is 2. The lowest BCUT2D eigenvalue weighted by molar-refractivity contribution is 0.0696. The third kappa shape index (κ3) is 3.32. The Hall–Kier alpha value is -3.61. The Morgan fingerprint density at radius 3 is 2.40 bits per heavy atom. The molecule has 1 amide bonds. The van der Waals surface area contributed by atoms with E-state index in [9.17, 15) is 14.7 Å². The Balaban J connectivity index is 1.84. The number of carbonyl (C=O) groups excluding carboxylic acids is 1. The van der Waals surface area contributed by atoms with Crippen molar-refractivity contribution in [1.29, 1.82) is 0 Å². The van der Waals surface area contributed by atoms with E-state index in [2.05, 4.69) is 24.0 Å². The van der Waals surface area contributed by atoms with Crippen LogP contribution in [0.1, 0.15) is 57.6 Å². The molecular formula is C23H23N3O4. The lowest BCUT2D eigenvalue weighted by Crippen LogP contribution is -2.29. The Kier molecular flexibility index (Phi) is 5.03. The maximum absolute atomic E-state index is 13.3. The van der Waals surface area contributed by atoms with Crippen LogP contribution in [0.2, 0.25) is 0 Å². The van der Waals surface area contributed by atoms with E-state index < -0.39 is 12.0 Å². The van der Waals surface area contributed by atoms with Crippen LogP contribution in [-0.2, 0) is 6.42 Å². The van der Waals surface area contributed by atoms with Crippen LogP contribution in [0.5, 0.6) is 5.75 Å². The van der Waals surface area contributed by atoms with E-state index in [0.29, 0.717) is 17.4 Å². The molecule has 0 bridgehead atoms. The largest absolute Gasteiger partial charge is 0.497 e. The second kappa shape index (κ2) is 7.67. The molecule has 1 atom stereocenters. The van der Waals surface area contributed by atoms with E-state index in [1.165, 1.54) is 0 Å². The summed E-state index contributed by atoms with van der Waals surface area (Å²) in [5.41, 5.74) is 3.95. The molecule has 0 fully saturated rings. The van der Waals surface area contributed by atoms with Crippen molar-refractivity contribution >= 4 is 17.6 Å². The molecule has 3 aromatic rings. The maximum Gasteiger partial charge on any atom is 0.335 e. The molecule has 0 aliphatic carbocycles. The normalized spacial score (nSPS) is 15.5. The monoisotopic (exact) mass is 405 g/mol. The molecule has 7 heteroatoms. The number of hydrogen-bond acceptors (Lipinski definition) is 4. The Morgan fingerprint density at radius 1 is 1.17 bits per heavy atom. The number of nitrogens with zero attached hydrogens (tertiary/aromatic N) is 2. The zero-order valence-electron chi connectivity index (χ0n) is 17.0. The number of carboxylic acids is 1. The van der Waals surface area contributed by atoms with Gasteiger partial charge in [0.25, 0.3) is 5.91 Å². The van der Waals surface area contributed by atoms with E-state index >= 15 is 0 Å². The fourth-order valence-corrected chi connectivity index (χ4v) is 3.90. The summed E-state index contributed by atoms with van der Waals surface area (Å²) in [5.74, 6) is -0.0873. The van der Waals surface area contributed by atoms with Crippen LogP contribution in [0.3, 0.4) is 0 Å². The van der Waals surface area contributed by atoms with Crippen LogP contribution in [0.25, 0.3) is 0 Å². The minimum Gasteiger partial charge on any atom is -0.497 e. The van der Waals surface area contributed by atoms with Crippen molar-refractivity contribution in [3.63, 3.8) is 0 Å². The van der Waals surface area contributed by atoms with Crippen LogP contribution < -0.4 is 9.64 Å². The number of aromatic amines is 1. The SMILES string of the molecule is COc1ccc(N2C(=O)c3n[nH]c(CC(C)C)c3C2c2ccc(C(=O)O)cc2)cc1. The van der Waals surface area contributed by atoms with Crippen LogP contribution >= 0.6 is 0 Å². The quantitative estimate of drug-likeness (QED) is 0.645. The second-order valence-electron chi connectivity index (χ2n) is 7.77. The van der Waals surface area contributed by atoms with Crippen molar-refractivity contribution in [1.82, 2.24) is 10.2 Å². The molecule has 1 unspecified atom stereocenters. The second-order valence-corrected chi connectivity index (χ2v) is 7.77. The summed E-state index contributed by atoms with van der Waals surface area (Å²) in [6.45, 7) is 4.23. The van der Waals surface area contributed by atoms with E-state index in [0.717, 1.165) is 28.9 Å². The molecule has 30 heavy (non-hydrogen) atoms. The van der Waals surface area contributed by atoms with Crippen LogP contribution in [0, 0.1) is 5.92 Å². The van der Waals surface area contributed by atoms with Crippen molar-refractivity contribution in [2.75, 3.05) is 12.0 Å². The molecular weight excluding hydrogens is 382 g/mol. The van der Waals surface area contributed by atoms with Crippen molar-refractivity contribution in [2.24, 2.45) is 5.92 Å². The van der Waals surface area contributed by atoms with E-state index in [1.54, 1.807) is 36.3 Å². The number of aromatic carboxylic acids is 1. The van der Waals surface area contributed by atoms with Gasteiger partial charge in [0.1, 0.15) is 5.75 Å². The molecule has 154 valence electrons. The van der Waals surface area contributed by atoms with Gasteiger partial charge in [-0.05, 0) is 54.3 Å². The molecule has 0 saturated heterocycles. The molecule has 7 nitrogen and oxygen atoms in total. The number of ether oxygens (including phenoxy) is 1. The van der Waals surface area contributed by atoms with Gasteiger partial charge in [0.15, 0.2) is 5.69 Å². The Labute approximate surface area is 174 Å². The highest BCUT2D eigenvalue weighted by molar-refractivity contribution is 6.10. The number of nitrogens with one attached hydrogen (secondary N) is 1. The summed E-state index contributed by atoms with van der Waals surface area (Å²) in [4.78, 5) is 26.3. The van der Waals surface area contributed by atoms with Crippen LogP contribution in [-0.4, -0.2) is 34.3 Å². The zero-order chi connectivity index (χ0) is 21.4. The van der Waals surface area contributed by atoms with Gasteiger partial charge in [-0.3, -0.25) is 14.8 Å². The van der Waals surface area contributed by atoms with Crippen molar-refractivity contribution in [2.45, 2.75) is 26.3 Å². The van der Waals surface area contributed by atoms with Gasteiger partial charge in [-0.1, -0.05) is 26.0 Å². The first kappa shape index (κ1) is 19.7. The van der Waals surface area contributed by atoms with Gasteiger partial charge >= 0.3 is 5.97 Å². The number of rotatable bonds is 6. The van der Waals surface area contributed by atoms with E-state index in [1.807, 2.05) is 24.3 Å². The zero-order valence-corrected chi connectivity index (χ0v) is 17.0. The number of methoxy groups -OCH3 is 1. The molecule has 1 aliphatic heterocycles. The lowest BCUT2D eigenvalue weighted by Gasteiger charge is -2.27. The number of fused-ring (bicyclic) bond motifs is 1. The third-order valence-electron chi connectivity index (χ3n) is 5.27. The molecule has 0 spiro atoms. The lowest BCUT2D eigenvalue weighted by atomic mass is 9.94. The van der Waals surface area contributed by atoms with Crippen molar-refractivity contribution < 1.29 is 19.4 Å². The number of H-pyrrole nitrogens is 1. The number of amides is 1. The summed E-state index contributed by atoms with van der Waals surface area (Å²) in [7, 11) is 1.59. The fraction of sp³-hybridized carbons (Fsp3) is 0.261. The molecule has 0 radical (unpaired) electrons.